The Morgan fingerprint density at radius 1 is 1.07 bits per heavy atom. The predicted molar refractivity (Wildman–Crippen MR) is 154 cm³/mol. The molecule has 2 aromatic carbocycles. The second-order valence-corrected chi connectivity index (χ2v) is 10.7. The number of rotatable bonds is 12. The molecule has 0 bridgehead atoms. The molecule has 1 aliphatic rings. The van der Waals surface area contributed by atoms with E-state index < -0.39 is 0 Å². The molecule has 1 atom stereocenters. The maximum atomic E-state index is 13.3. The number of pyridine rings is 1. The van der Waals surface area contributed by atoms with E-state index in [-0.39, 0.29) is 17.5 Å². The van der Waals surface area contributed by atoms with Gasteiger partial charge in [-0.15, -0.1) is 5.10 Å². The molecule has 10 nitrogen and oxygen atoms in total. The molecule has 0 radical (unpaired) electrons. The molecule has 40 heavy (non-hydrogen) atoms. The van der Waals surface area contributed by atoms with E-state index in [0.717, 1.165) is 62.5 Å². The quantitative estimate of drug-likeness (QED) is 0.289. The zero-order valence-electron chi connectivity index (χ0n) is 23.6. The van der Waals surface area contributed by atoms with Gasteiger partial charge in [0.05, 0.1) is 31.9 Å². The number of aromatic amines is 1. The van der Waals surface area contributed by atoms with E-state index in [0.29, 0.717) is 24.4 Å². The maximum absolute atomic E-state index is 13.3. The highest BCUT2D eigenvalue weighted by molar-refractivity contribution is 5.80. The molecular formula is C30H39N7O3. The van der Waals surface area contributed by atoms with Gasteiger partial charge in [0.2, 0.25) is 0 Å². The molecule has 0 saturated carbocycles. The molecule has 4 aromatic rings. The molecule has 1 aliphatic heterocycles. The second-order valence-electron chi connectivity index (χ2n) is 10.7. The summed E-state index contributed by atoms with van der Waals surface area (Å²) >= 11 is 0. The van der Waals surface area contributed by atoms with Gasteiger partial charge >= 0.3 is 0 Å². The van der Waals surface area contributed by atoms with Gasteiger partial charge in [0.15, 0.2) is 5.82 Å². The van der Waals surface area contributed by atoms with Crippen molar-refractivity contribution in [3.8, 4) is 5.75 Å². The van der Waals surface area contributed by atoms with E-state index in [4.69, 9.17) is 9.47 Å². The van der Waals surface area contributed by atoms with Gasteiger partial charge in [0.1, 0.15) is 5.75 Å². The molecule has 212 valence electrons. The monoisotopic (exact) mass is 545 g/mol. The Hall–Kier alpha value is -3.60. The van der Waals surface area contributed by atoms with Gasteiger partial charge in [-0.05, 0) is 51.9 Å². The average Bonchev–Trinajstić information content (AvgIpc) is 3.43. The summed E-state index contributed by atoms with van der Waals surface area (Å²) in [5, 5.41) is 13.9. The number of nitrogens with zero attached hydrogens (tertiary/aromatic N) is 6. The summed E-state index contributed by atoms with van der Waals surface area (Å²) in [6, 6.07) is 18.1. The Balaban J connectivity index is 1.44. The number of hydrogen-bond acceptors (Lipinski definition) is 8. The highest BCUT2D eigenvalue weighted by atomic mass is 16.5. The number of hydrogen-bond donors (Lipinski definition) is 1. The molecule has 2 aromatic heterocycles. The number of tetrazole rings is 1. The molecule has 1 N–H and O–H groups in total. The first-order valence-corrected chi connectivity index (χ1v) is 14.1. The van der Waals surface area contributed by atoms with Crippen LogP contribution in [0.3, 0.4) is 0 Å². The minimum Gasteiger partial charge on any atom is -0.497 e. The molecule has 1 fully saturated rings. The zero-order chi connectivity index (χ0) is 27.9. The van der Waals surface area contributed by atoms with Crippen molar-refractivity contribution < 1.29 is 9.47 Å². The van der Waals surface area contributed by atoms with Gasteiger partial charge in [0.25, 0.3) is 5.56 Å². The SMILES string of the molecule is COc1ccc2cc(CN(CCN3CCOCC3)[C@@H](c3nnnn3CCc3ccccc3)C(C)C)c(=O)[nH]c2c1. The lowest BCUT2D eigenvalue weighted by Crippen LogP contribution is -2.44. The first kappa shape index (κ1) is 27.9. The van der Waals surface area contributed by atoms with Crippen LogP contribution in [0.5, 0.6) is 5.75 Å². The number of benzene rings is 2. The Labute approximate surface area is 234 Å². The van der Waals surface area contributed by atoms with Crippen molar-refractivity contribution in [3.05, 3.63) is 81.9 Å². The van der Waals surface area contributed by atoms with Gasteiger partial charge in [-0.25, -0.2) is 4.68 Å². The number of H-pyrrole nitrogens is 1. The van der Waals surface area contributed by atoms with Crippen molar-refractivity contribution in [3.63, 3.8) is 0 Å². The third-order valence-electron chi connectivity index (χ3n) is 7.61. The van der Waals surface area contributed by atoms with Crippen LogP contribution in [0.2, 0.25) is 0 Å². The number of fused-ring (bicyclic) bond motifs is 1. The molecular weight excluding hydrogens is 506 g/mol. The minimum atomic E-state index is -0.0942. The highest BCUT2D eigenvalue weighted by Gasteiger charge is 2.30. The molecule has 1 saturated heterocycles. The number of methoxy groups -OCH3 is 1. The molecule has 0 aliphatic carbocycles. The van der Waals surface area contributed by atoms with Gasteiger partial charge in [-0.1, -0.05) is 44.2 Å². The molecule has 10 heteroatoms. The van der Waals surface area contributed by atoms with E-state index in [1.54, 1.807) is 7.11 Å². The number of nitrogens with one attached hydrogen (secondary N) is 1. The van der Waals surface area contributed by atoms with E-state index in [1.807, 2.05) is 35.0 Å². The van der Waals surface area contributed by atoms with Crippen LogP contribution in [-0.2, 0) is 24.2 Å². The number of ether oxygens (including phenoxy) is 2. The van der Waals surface area contributed by atoms with Gasteiger partial charge in [0, 0.05) is 50.9 Å². The Morgan fingerprint density at radius 2 is 1.88 bits per heavy atom. The standard InChI is InChI=1S/C30H39N7O3/c1-22(2)28(29-32-33-34-37(29)12-11-23-7-5-4-6-8-23)36(14-13-35-15-17-40-18-16-35)21-25-19-24-9-10-26(39-3)20-27(24)31-30(25)38/h4-10,19-20,22,28H,11-18,21H2,1-3H3,(H,31,38)/t28-/m1/s1. The van der Waals surface area contributed by atoms with E-state index in [1.165, 1.54) is 5.56 Å². The molecule has 3 heterocycles. The fraction of sp³-hybridized carbons (Fsp3) is 0.467. The van der Waals surface area contributed by atoms with E-state index >= 15 is 0 Å². The second kappa shape index (κ2) is 13.2. The van der Waals surface area contributed by atoms with Gasteiger partial charge in [-0.3, -0.25) is 14.6 Å². The number of morpholine rings is 1. The third kappa shape index (κ3) is 6.75. The van der Waals surface area contributed by atoms with E-state index in [2.05, 4.69) is 68.4 Å². The van der Waals surface area contributed by atoms with Crippen molar-refractivity contribution in [1.82, 2.24) is 35.0 Å². The van der Waals surface area contributed by atoms with Gasteiger partial charge < -0.3 is 14.5 Å². The summed E-state index contributed by atoms with van der Waals surface area (Å²) < 4.78 is 12.8. The summed E-state index contributed by atoms with van der Waals surface area (Å²) in [5.74, 6) is 1.76. The molecule has 0 spiro atoms. The zero-order valence-corrected chi connectivity index (χ0v) is 23.6. The maximum Gasteiger partial charge on any atom is 0.252 e. The lowest BCUT2D eigenvalue weighted by Gasteiger charge is -2.36. The fourth-order valence-corrected chi connectivity index (χ4v) is 5.45. The normalized spacial score (nSPS) is 15.2. The largest absolute Gasteiger partial charge is 0.497 e. The Bertz CT molecular complexity index is 1430. The van der Waals surface area contributed by atoms with Crippen molar-refractivity contribution in [2.24, 2.45) is 5.92 Å². The van der Waals surface area contributed by atoms with Crippen molar-refractivity contribution in [1.29, 1.82) is 0 Å². The van der Waals surface area contributed by atoms with Crippen molar-refractivity contribution in [2.75, 3.05) is 46.5 Å². The summed E-state index contributed by atoms with van der Waals surface area (Å²) in [6.07, 6.45) is 0.839. The van der Waals surface area contributed by atoms with Crippen molar-refractivity contribution >= 4 is 10.9 Å². The number of aromatic nitrogens is 5. The van der Waals surface area contributed by atoms with Gasteiger partial charge in [-0.2, -0.15) is 0 Å². The summed E-state index contributed by atoms with van der Waals surface area (Å²) in [7, 11) is 1.62. The Morgan fingerprint density at radius 3 is 2.62 bits per heavy atom. The van der Waals surface area contributed by atoms with Crippen LogP contribution >= 0.6 is 0 Å². The lowest BCUT2D eigenvalue weighted by atomic mass is 10.00. The van der Waals surface area contributed by atoms with Crippen LogP contribution in [0.4, 0.5) is 0 Å². The highest BCUT2D eigenvalue weighted by Crippen LogP contribution is 2.29. The summed E-state index contributed by atoms with van der Waals surface area (Å²) in [4.78, 5) is 21.1. The lowest BCUT2D eigenvalue weighted by molar-refractivity contribution is 0.0268. The smallest absolute Gasteiger partial charge is 0.252 e. The van der Waals surface area contributed by atoms with Crippen LogP contribution in [0, 0.1) is 5.92 Å². The number of aryl methyl sites for hydroxylation is 2. The first-order chi connectivity index (χ1) is 19.5. The molecule has 0 unspecified atom stereocenters. The first-order valence-electron chi connectivity index (χ1n) is 14.1. The van der Waals surface area contributed by atoms with Crippen LogP contribution in [0.1, 0.15) is 36.8 Å². The summed E-state index contributed by atoms with van der Waals surface area (Å²) in [5.41, 5.74) is 2.63. The van der Waals surface area contributed by atoms with E-state index in [9.17, 15) is 4.79 Å². The fourth-order valence-electron chi connectivity index (χ4n) is 5.45. The Kier molecular flexibility index (Phi) is 9.20. The predicted octanol–water partition coefficient (Wildman–Crippen LogP) is 3.30. The summed E-state index contributed by atoms with van der Waals surface area (Å²) in [6.45, 7) is 10.5. The van der Waals surface area contributed by atoms with Crippen LogP contribution in [0.15, 0.2) is 59.4 Å². The molecule has 5 rings (SSSR count). The third-order valence-corrected chi connectivity index (χ3v) is 7.61. The average molecular weight is 546 g/mol. The van der Waals surface area contributed by atoms with Crippen LogP contribution < -0.4 is 10.3 Å². The van der Waals surface area contributed by atoms with Crippen LogP contribution in [-0.4, -0.2) is 81.5 Å². The van der Waals surface area contributed by atoms with Crippen molar-refractivity contribution in [2.45, 2.75) is 39.4 Å². The van der Waals surface area contributed by atoms with Crippen LogP contribution in [0.25, 0.3) is 10.9 Å². The topological polar surface area (TPSA) is 101 Å². The molecule has 0 amide bonds. The minimum absolute atomic E-state index is 0.0715.